The van der Waals surface area contributed by atoms with Crippen molar-refractivity contribution < 1.29 is 15.0 Å². The Morgan fingerprint density at radius 1 is 1.25 bits per heavy atom. The zero-order valence-electron chi connectivity index (χ0n) is 11.2. The average Bonchev–Trinajstić information content (AvgIpc) is 2.47. The first-order valence-electron chi connectivity index (χ1n) is 6.68. The summed E-state index contributed by atoms with van der Waals surface area (Å²) in [6, 6.07) is 6.83. The monoisotopic (exact) mass is 298 g/mol. The van der Waals surface area contributed by atoms with Crippen molar-refractivity contribution in [2.45, 2.75) is 6.10 Å². The molecule has 110 valence electrons. The quantitative estimate of drug-likeness (QED) is 0.850. The second kappa shape index (κ2) is 7.04. The van der Waals surface area contributed by atoms with E-state index < -0.39 is 6.10 Å². The Bertz CT molecular complexity index is 461. The van der Waals surface area contributed by atoms with E-state index in [-0.39, 0.29) is 12.5 Å². The van der Waals surface area contributed by atoms with Crippen LogP contribution in [0.2, 0.25) is 5.02 Å². The summed E-state index contributed by atoms with van der Waals surface area (Å²) in [5.41, 5.74) is 0.442. The number of hydrogen-bond acceptors (Lipinski definition) is 4. The van der Waals surface area contributed by atoms with Crippen LogP contribution in [0.25, 0.3) is 0 Å². The van der Waals surface area contributed by atoms with Crippen LogP contribution in [0, 0.1) is 0 Å². The molecule has 2 N–H and O–H groups in total. The number of aliphatic hydroxyl groups excluding tert-OH is 2. The lowest BCUT2D eigenvalue weighted by atomic mass is 10.1. The number of rotatable bonds is 4. The number of nitrogens with zero attached hydrogens (tertiary/aromatic N) is 2. The molecule has 1 heterocycles. The van der Waals surface area contributed by atoms with Gasteiger partial charge in [-0.25, -0.2) is 0 Å². The summed E-state index contributed by atoms with van der Waals surface area (Å²) < 4.78 is 0. The predicted octanol–water partition coefficient (Wildman–Crippen LogP) is 0.510. The topological polar surface area (TPSA) is 64.0 Å². The fraction of sp³-hybridized carbons (Fsp3) is 0.500. The molecule has 1 saturated heterocycles. The third-order valence-electron chi connectivity index (χ3n) is 3.53. The lowest BCUT2D eigenvalue weighted by Crippen LogP contribution is -2.50. The first kappa shape index (κ1) is 15.3. The largest absolute Gasteiger partial charge is 0.395 e. The molecule has 1 aromatic carbocycles. The normalized spacial score (nSPS) is 18.1. The van der Waals surface area contributed by atoms with Crippen molar-refractivity contribution in [3.63, 3.8) is 0 Å². The van der Waals surface area contributed by atoms with Crippen LogP contribution in [0.1, 0.15) is 11.7 Å². The van der Waals surface area contributed by atoms with Gasteiger partial charge in [0, 0.05) is 43.3 Å². The summed E-state index contributed by atoms with van der Waals surface area (Å²) in [6.45, 7) is 3.27. The summed E-state index contributed by atoms with van der Waals surface area (Å²) in [6.07, 6.45) is -1.21. The van der Waals surface area contributed by atoms with Crippen LogP contribution in [0.4, 0.5) is 0 Å². The first-order chi connectivity index (χ1) is 9.63. The Morgan fingerprint density at radius 3 is 2.50 bits per heavy atom. The van der Waals surface area contributed by atoms with Crippen LogP contribution in [0.3, 0.4) is 0 Å². The molecule has 1 aliphatic heterocycles. The summed E-state index contributed by atoms with van der Waals surface area (Å²) in [5.74, 6) is -0.318. The highest BCUT2D eigenvalue weighted by atomic mass is 35.5. The van der Waals surface area contributed by atoms with E-state index in [9.17, 15) is 9.90 Å². The number of aliphatic hydroxyl groups is 2. The molecule has 1 aliphatic rings. The van der Waals surface area contributed by atoms with Crippen LogP contribution in [0.15, 0.2) is 24.3 Å². The minimum absolute atomic E-state index is 0.121. The molecule has 0 aliphatic carbocycles. The molecule has 5 nitrogen and oxygen atoms in total. The fourth-order valence-corrected chi connectivity index (χ4v) is 2.58. The molecule has 1 amide bonds. The third-order valence-corrected chi connectivity index (χ3v) is 3.88. The molecular weight excluding hydrogens is 280 g/mol. The maximum absolute atomic E-state index is 12.3. The van der Waals surface area contributed by atoms with E-state index in [2.05, 4.69) is 4.90 Å². The molecular formula is C14H19ClN2O3. The van der Waals surface area contributed by atoms with Crippen molar-refractivity contribution >= 4 is 17.5 Å². The van der Waals surface area contributed by atoms with Crippen LogP contribution in [-0.2, 0) is 4.79 Å². The van der Waals surface area contributed by atoms with Crippen LogP contribution in [0.5, 0.6) is 0 Å². The summed E-state index contributed by atoms with van der Waals surface area (Å²) in [4.78, 5) is 16.0. The van der Waals surface area contributed by atoms with Gasteiger partial charge in [-0.1, -0.05) is 29.8 Å². The van der Waals surface area contributed by atoms with Crippen molar-refractivity contribution in [1.29, 1.82) is 0 Å². The molecule has 2 rings (SSSR count). The van der Waals surface area contributed by atoms with Gasteiger partial charge in [-0.15, -0.1) is 0 Å². The number of benzene rings is 1. The highest BCUT2D eigenvalue weighted by Crippen LogP contribution is 2.24. The number of carbonyl (C=O) groups is 1. The van der Waals surface area contributed by atoms with E-state index in [1.165, 1.54) is 0 Å². The van der Waals surface area contributed by atoms with Crippen LogP contribution in [-0.4, -0.2) is 65.3 Å². The van der Waals surface area contributed by atoms with E-state index in [1.54, 1.807) is 29.2 Å². The summed E-state index contributed by atoms with van der Waals surface area (Å²) in [7, 11) is 0. The van der Waals surface area contributed by atoms with Gasteiger partial charge in [0.25, 0.3) is 5.91 Å². The molecule has 20 heavy (non-hydrogen) atoms. The predicted molar refractivity (Wildman–Crippen MR) is 76.5 cm³/mol. The molecule has 0 saturated carbocycles. The maximum Gasteiger partial charge on any atom is 0.256 e. The zero-order valence-corrected chi connectivity index (χ0v) is 12.0. The van der Waals surface area contributed by atoms with Gasteiger partial charge >= 0.3 is 0 Å². The lowest BCUT2D eigenvalue weighted by molar-refractivity contribution is -0.142. The SMILES string of the molecule is O=C([C@H](O)c1ccccc1Cl)N1CCN(CCO)CC1. The lowest BCUT2D eigenvalue weighted by Gasteiger charge is -2.35. The zero-order chi connectivity index (χ0) is 14.5. The molecule has 0 bridgehead atoms. The minimum Gasteiger partial charge on any atom is -0.395 e. The third kappa shape index (κ3) is 3.49. The van der Waals surface area contributed by atoms with Gasteiger partial charge in [-0.3, -0.25) is 9.69 Å². The van der Waals surface area contributed by atoms with Crippen molar-refractivity contribution in [1.82, 2.24) is 9.80 Å². The average molecular weight is 299 g/mol. The molecule has 0 spiro atoms. The highest BCUT2D eigenvalue weighted by molar-refractivity contribution is 6.31. The molecule has 0 aromatic heterocycles. The van der Waals surface area contributed by atoms with Crippen molar-refractivity contribution in [3.8, 4) is 0 Å². The fourth-order valence-electron chi connectivity index (χ4n) is 2.34. The van der Waals surface area contributed by atoms with Crippen molar-refractivity contribution in [2.24, 2.45) is 0 Å². The number of β-amino-alcohol motifs (C(OH)–C–C–N with tert-alkyl or cyclic N) is 1. The van der Waals surface area contributed by atoms with Gasteiger partial charge in [0.05, 0.1) is 6.61 Å². The van der Waals surface area contributed by atoms with Gasteiger partial charge in [0.2, 0.25) is 0 Å². The molecule has 0 radical (unpaired) electrons. The summed E-state index contributed by atoms with van der Waals surface area (Å²) >= 11 is 6.00. The van der Waals surface area contributed by atoms with E-state index in [0.717, 1.165) is 0 Å². The Morgan fingerprint density at radius 2 is 1.90 bits per heavy atom. The Kier molecular flexibility index (Phi) is 5.37. The van der Waals surface area contributed by atoms with Gasteiger partial charge in [-0.05, 0) is 6.07 Å². The van der Waals surface area contributed by atoms with Crippen LogP contribution >= 0.6 is 11.6 Å². The van der Waals surface area contributed by atoms with Crippen molar-refractivity contribution in [2.75, 3.05) is 39.3 Å². The summed E-state index contributed by atoms with van der Waals surface area (Å²) in [5, 5.41) is 19.4. The van der Waals surface area contributed by atoms with Gasteiger partial charge < -0.3 is 15.1 Å². The number of hydrogen-bond donors (Lipinski definition) is 2. The Balaban J connectivity index is 1.97. The highest BCUT2D eigenvalue weighted by Gasteiger charge is 2.27. The molecule has 0 unspecified atom stereocenters. The van der Waals surface area contributed by atoms with Gasteiger partial charge in [0.1, 0.15) is 0 Å². The second-order valence-electron chi connectivity index (χ2n) is 4.81. The van der Waals surface area contributed by atoms with Crippen LogP contribution < -0.4 is 0 Å². The Hall–Kier alpha value is -1.14. The number of halogens is 1. The van der Waals surface area contributed by atoms with E-state index >= 15 is 0 Å². The maximum atomic E-state index is 12.3. The standard InChI is InChI=1S/C14H19ClN2O3/c15-12-4-2-1-3-11(12)13(19)14(20)17-7-5-16(6-8-17)9-10-18/h1-4,13,18-19H,5-10H2/t13-/m1/s1. The second-order valence-corrected chi connectivity index (χ2v) is 5.22. The van der Waals surface area contributed by atoms with Crippen molar-refractivity contribution in [3.05, 3.63) is 34.9 Å². The molecule has 1 fully saturated rings. The van der Waals surface area contributed by atoms with E-state index in [4.69, 9.17) is 16.7 Å². The molecule has 1 atom stereocenters. The number of amides is 1. The van der Waals surface area contributed by atoms with E-state index in [1.807, 2.05) is 0 Å². The minimum atomic E-state index is -1.21. The molecule has 1 aromatic rings. The molecule has 6 heteroatoms. The van der Waals surface area contributed by atoms with Gasteiger partial charge in [-0.2, -0.15) is 0 Å². The first-order valence-corrected chi connectivity index (χ1v) is 7.05. The number of carbonyl (C=O) groups excluding carboxylic acids is 1. The van der Waals surface area contributed by atoms with E-state index in [0.29, 0.717) is 43.3 Å². The number of piperazine rings is 1. The smallest absolute Gasteiger partial charge is 0.256 e. The van der Waals surface area contributed by atoms with Gasteiger partial charge in [0.15, 0.2) is 6.10 Å². The Labute approximate surface area is 123 Å².